The van der Waals surface area contributed by atoms with Gasteiger partial charge in [-0.25, -0.2) is 44.5 Å². The number of nitriles is 4. The number of allylic oxidation sites excluding steroid dienone is 8. The van der Waals surface area contributed by atoms with Crippen LogP contribution < -0.4 is 0 Å². The zero-order valence-corrected chi connectivity index (χ0v) is 45.2. The third kappa shape index (κ3) is 12.9. The van der Waals surface area contributed by atoms with Crippen molar-refractivity contribution in [2.75, 3.05) is 59.1 Å². The van der Waals surface area contributed by atoms with E-state index >= 15 is 0 Å². The molecule has 6 rings (SSSR count). The van der Waals surface area contributed by atoms with Gasteiger partial charge in [0.1, 0.15) is 48.6 Å². The number of likely N-dealkylation sites (tertiary alicyclic amines) is 3. The second-order valence-corrected chi connectivity index (χ2v) is 26.1. The van der Waals surface area contributed by atoms with Crippen molar-refractivity contribution in [3.05, 3.63) is 90.3 Å². The van der Waals surface area contributed by atoms with Crippen molar-refractivity contribution in [1.82, 2.24) is 14.7 Å². The van der Waals surface area contributed by atoms with Gasteiger partial charge in [-0.05, 0) is 80.9 Å². The Hall–Kier alpha value is -7.59. The van der Waals surface area contributed by atoms with Gasteiger partial charge in [0.15, 0.2) is 5.70 Å². The maximum Gasteiger partial charge on any atom is 0.497 e. The molecule has 3 saturated heterocycles. The van der Waals surface area contributed by atoms with Gasteiger partial charge in [0.05, 0.1) is 52.6 Å². The maximum atomic E-state index is 14.0. The van der Waals surface area contributed by atoms with Crippen LogP contribution in [0, 0.1) is 64.4 Å². The van der Waals surface area contributed by atoms with E-state index in [1.165, 1.54) is 26.8 Å². The summed E-state index contributed by atoms with van der Waals surface area (Å²) in [4.78, 5) is 52.4. The Bertz CT molecular complexity index is 3110. The van der Waals surface area contributed by atoms with Crippen LogP contribution in [0.15, 0.2) is 67.5 Å². The van der Waals surface area contributed by atoms with Crippen molar-refractivity contribution >= 4 is 47.4 Å². The predicted molar refractivity (Wildman–Crippen MR) is 261 cm³/mol. The first-order chi connectivity index (χ1) is 38.3. The highest BCUT2D eigenvalue weighted by atomic mass is 32.2. The Morgan fingerprint density at radius 3 is 1.11 bits per heavy atom. The molecule has 3 aliphatic heterocycles. The third-order valence-corrected chi connectivity index (χ3v) is 20.1. The molecule has 3 fully saturated rings. The fourth-order valence-electron chi connectivity index (χ4n) is 10.4. The summed E-state index contributed by atoms with van der Waals surface area (Å²) in [5, 5.41) is 34.0. The van der Waals surface area contributed by atoms with Crippen molar-refractivity contribution in [1.29, 1.82) is 21.0 Å². The molecule has 0 N–H and O–H groups in total. The molecule has 0 amide bonds. The number of esters is 3. The van der Waals surface area contributed by atoms with E-state index in [0.29, 0.717) is 38.5 Å². The number of rotatable bonds is 15. The van der Waals surface area contributed by atoms with E-state index in [-0.39, 0.29) is 56.4 Å². The van der Waals surface area contributed by atoms with E-state index < -0.39 is 194 Å². The van der Waals surface area contributed by atoms with E-state index in [9.17, 15) is 100 Å². The lowest BCUT2D eigenvalue weighted by atomic mass is 9.87. The highest BCUT2D eigenvalue weighted by molar-refractivity contribution is 7.93. The number of sulfone groups is 3. The SMILES string of the molecule is [C-]#[N+]C1=C(N2CCCC2)CC(S(=O)(=O)C(F)(F)F)C/C1=C(/[N+]#[C-])C(=O)OCC(COC(=O)/C(C#N)=C1\CC(S(=O)(=O)C(F)(F)F)CC(N2CCCC2)=C1C#N)COC(=O)/C(C#N)=C1\CC(S(=O)(=O)C(F)(F)F)CC(N2CCCC2)=C1C#N. The van der Waals surface area contributed by atoms with E-state index in [1.807, 2.05) is 0 Å². The van der Waals surface area contributed by atoms with Crippen LogP contribution in [0.25, 0.3) is 9.69 Å². The predicted octanol–water partition coefficient (Wildman–Crippen LogP) is 6.31. The molecule has 0 radical (unpaired) electrons. The van der Waals surface area contributed by atoms with Gasteiger partial charge in [0.25, 0.3) is 35.2 Å². The summed E-state index contributed by atoms with van der Waals surface area (Å²) in [6.45, 7) is 12.9. The van der Waals surface area contributed by atoms with Gasteiger partial charge in [0.2, 0.25) is 0 Å². The molecular formula is C49H46F9N9O12S3. The summed E-state index contributed by atoms with van der Waals surface area (Å²) in [6.07, 6.45) is -3.50. The maximum absolute atomic E-state index is 14.0. The minimum absolute atomic E-state index is 0.136. The van der Waals surface area contributed by atoms with Gasteiger partial charge in [-0.15, -0.1) is 0 Å². The molecule has 3 atom stereocenters. The molecule has 0 bridgehead atoms. The molecule has 82 heavy (non-hydrogen) atoms. The highest BCUT2D eigenvalue weighted by Gasteiger charge is 2.56. The average Bonchev–Trinajstić information content (AvgIpc) is 2.16. The second-order valence-electron chi connectivity index (χ2n) is 19.5. The van der Waals surface area contributed by atoms with E-state index in [4.69, 9.17) is 27.4 Å². The molecule has 0 aromatic rings. The number of hydrogen-bond donors (Lipinski definition) is 0. The van der Waals surface area contributed by atoms with Crippen LogP contribution >= 0.6 is 0 Å². The molecule has 21 nitrogen and oxygen atoms in total. The lowest BCUT2D eigenvalue weighted by Crippen LogP contribution is -2.39. The molecule has 0 spiro atoms. The molecular weight excluding hydrogens is 1170 g/mol. The van der Waals surface area contributed by atoms with E-state index in [0.717, 1.165) is 0 Å². The smallest absolute Gasteiger partial charge is 0.470 e. The molecule has 3 heterocycles. The highest BCUT2D eigenvalue weighted by Crippen LogP contribution is 2.46. The molecule has 0 saturated carbocycles. The van der Waals surface area contributed by atoms with Crippen LogP contribution in [-0.4, -0.2) is 149 Å². The summed E-state index contributed by atoms with van der Waals surface area (Å²) in [7, 11) is -18.2. The minimum Gasteiger partial charge on any atom is -0.470 e. The quantitative estimate of drug-likeness (QED) is 0.0433. The molecule has 0 aromatic carbocycles. The minimum atomic E-state index is -6.06. The van der Waals surface area contributed by atoms with E-state index in [1.54, 1.807) is 12.1 Å². The zero-order valence-electron chi connectivity index (χ0n) is 42.7. The summed E-state index contributed by atoms with van der Waals surface area (Å²) < 4.78 is 219. The Balaban J connectivity index is 1.41. The first-order valence-corrected chi connectivity index (χ1v) is 29.4. The number of halogens is 9. The van der Waals surface area contributed by atoms with E-state index in [2.05, 4.69) is 9.69 Å². The fraction of sp³-hybridized carbons (Fsp3) is 0.571. The standard InChI is InChI=1S/C49H46F9N9O12S3/c1-63-42-34(17-31(82(75,76)49(56,57)58)20-41(42)67-13-7-8-14-67)43(64-2)46(70)79-27-28(25-77-44(68)37(23-61)32-15-29(80(71,72)47(50,51)52)18-39(35(32)21-59)65-9-3-4-10-65)26-78-45(69)38(24-62)33-16-30(81(73,74)48(53,54)55)19-40(36(33)22-60)66-11-5-6-12-66/h28-31H,3-20,25-27H2/b37-32+,38-33+,43-34-. The Kier molecular flexibility index (Phi) is 19.3. The Morgan fingerprint density at radius 1 is 0.512 bits per heavy atom. The first kappa shape index (κ1) is 63.6. The fourth-order valence-corrected chi connectivity index (χ4v) is 13.8. The largest absolute Gasteiger partial charge is 0.497 e. The molecule has 3 aliphatic carbocycles. The molecule has 33 heteroatoms. The van der Waals surface area contributed by atoms with Gasteiger partial charge in [-0.1, -0.05) is 0 Å². The van der Waals surface area contributed by atoms with Crippen molar-refractivity contribution in [3.63, 3.8) is 0 Å². The molecule has 440 valence electrons. The number of alkyl halides is 9. The van der Waals surface area contributed by atoms with Crippen LogP contribution in [0.4, 0.5) is 39.5 Å². The van der Waals surface area contributed by atoms with Crippen LogP contribution in [0.3, 0.4) is 0 Å². The van der Waals surface area contributed by atoms with Gasteiger partial charge in [0, 0.05) is 69.2 Å². The number of carbonyl (C=O) groups is 3. The van der Waals surface area contributed by atoms with Gasteiger partial charge in [-0.2, -0.15) is 60.6 Å². The number of hydrogen-bond acceptors (Lipinski definition) is 19. The topological polar surface area (TPSA) is 295 Å². The van der Waals surface area contributed by atoms with Crippen LogP contribution in [0.5, 0.6) is 0 Å². The van der Waals surface area contributed by atoms with Crippen LogP contribution in [0.2, 0.25) is 0 Å². The number of ether oxygens (including phenoxy) is 3. The lowest BCUT2D eigenvalue weighted by molar-refractivity contribution is -0.148. The van der Waals surface area contributed by atoms with Gasteiger partial charge in [-0.3, -0.25) is 4.79 Å². The van der Waals surface area contributed by atoms with Crippen molar-refractivity contribution in [2.24, 2.45) is 5.92 Å². The summed E-state index contributed by atoms with van der Waals surface area (Å²) in [5.41, 5.74) is -25.9. The summed E-state index contributed by atoms with van der Waals surface area (Å²) in [6, 6.07) is 6.20. The lowest BCUT2D eigenvalue weighted by Gasteiger charge is -2.33. The monoisotopic (exact) mass is 1220 g/mol. The van der Waals surface area contributed by atoms with Gasteiger partial charge >= 0.3 is 34.4 Å². The van der Waals surface area contributed by atoms with Gasteiger partial charge < -0.3 is 28.9 Å². The summed E-state index contributed by atoms with van der Waals surface area (Å²) in [5.74, 6) is -7.16. The second kappa shape index (κ2) is 24.9. The molecule has 6 aliphatic rings. The Morgan fingerprint density at radius 2 is 0.817 bits per heavy atom. The average molecular weight is 1220 g/mol. The molecule has 0 aromatic heterocycles. The zero-order chi connectivity index (χ0) is 60.9. The normalized spacial score (nSPS) is 23.6. The van der Waals surface area contributed by atoms with Crippen LogP contribution in [0.1, 0.15) is 77.0 Å². The van der Waals surface area contributed by atoms with Crippen molar-refractivity contribution < 1.29 is 93.4 Å². The van der Waals surface area contributed by atoms with Crippen molar-refractivity contribution in [2.45, 2.75) is 109 Å². The summed E-state index contributed by atoms with van der Waals surface area (Å²) >= 11 is 0. The number of nitrogens with zero attached hydrogens (tertiary/aromatic N) is 9. The van der Waals surface area contributed by atoms with Crippen LogP contribution in [-0.2, 0) is 58.1 Å². The Labute approximate surface area is 463 Å². The first-order valence-electron chi connectivity index (χ1n) is 24.8. The third-order valence-electron chi connectivity index (χ3n) is 14.6. The molecule has 3 unspecified atom stereocenters. The van der Waals surface area contributed by atoms with Crippen molar-refractivity contribution in [3.8, 4) is 24.3 Å². The number of carbonyl (C=O) groups excluding carboxylic acids is 3.